The van der Waals surface area contributed by atoms with E-state index in [0.717, 1.165) is 11.4 Å². The molecule has 1 aromatic rings. The molecule has 0 amide bonds. The van der Waals surface area contributed by atoms with Crippen LogP contribution in [0.2, 0.25) is 0 Å². The van der Waals surface area contributed by atoms with E-state index >= 15 is 0 Å². The minimum absolute atomic E-state index is 0.286. The Kier molecular flexibility index (Phi) is 5.49. The van der Waals surface area contributed by atoms with E-state index in [9.17, 15) is 8.42 Å². The zero-order chi connectivity index (χ0) is 16.3. The molecule has 0 radical (unpaired) electrons. The first-order chi connectivity index (χ1) is 10.4. The van der Waals surface area contributed by atoms with Crippen LogP contribution >= 0.6 is 0 Å². The standard InChI is InChI=1S/C14H24N4O3S/c1-5-17(6-2)22(19,20)18-7-8-21-14(10-18)13-9-11(3)15-12(4)16-13/h9,14H,5-8,10H2,1-4H3. The molecule has 7 nitrogen and oxygen atoms in total. The summed E-state index contributed by atoms with van der Waals surface area (Å²) in [5.41, 5.74) is 1.60. The molecule has 0 saturated carbocycles. The van der Waals surface area contributed by atoms with Crippen molar-refractivity contribution in [3.05, 3.63) is 23.3 Å². The Balaban J connectivity index is 2.21. The van der Waals surface area contributed by atoms with Gasteiger partial charge in [-0.1, -0.05) is 13.8 Å². The predicted molar refractivity (Wildman–Crippen MR) is 83.6 cm³/mol. The van der Waals surface area contributed by atoms with Crippen molar-refractivity contribution in [3.8, 4) is 0 Å². The molecule has 0 aromatic carbocycles. The topological polar surface area (TPSA) is 75.6 Å². The Labute approximate surface area is 132 Å². The fourth-order valence-corrected chi connectivity index (χ4v) is 4.25. The summed E-state index contributed by atoms with van der Waals surface area (Å²) in [4.78, 5) is 8.63. The quantitative estimate of drug-likeness (QED) is 0.808. The molecule has 1 saturated heterocycles. The van der Waals surface area contributed by atoms with Crippen LogP contribution in [0.1, 0.15) is 37.2 Å². The van der Waals surface area contributed by atoms with E-state index in [1.165, 1.54) is 8.61 Å². The van der Waals surface area contributed by atoms with Gasteiger partial charge in [-0.3, -0.25) is 0 Å². The molecule has 1 aliphatic rings. The van der Waals surface area contributed by atoms with Crippen molar-refractivity contribution < 1.29 is 13.2 Å². The van der Waals surface area contributed by atoms with Crippen LogP contribution in [-0.2, 0) is 14.9 Å². The van der Waals surface area contributed by atoms with Crippen molar-refractivity contribution >= 4 is 10.2 Å². The minimum atomic E-state index is -3.44. The van der Waals surface area contributed by atoms with Gasteiger partial charge in [0.2, 0.25) is 0 Å². The third-order valence-electron chi connectivity index (χ3n) is 3.70. The van der Waals surface area contributed by atoms with Crippen molar-refractivity contribution in [2.75, 3.05) is 32.8 Å². The van der Waals surface area contributed by atoms with Crippen LogP contribution in [0.4, 0.5) is 0 Å². The van der Waals surface area contributed by atoms with Gasteiger partial charge < -0.3 is 4.74 Å². The first-order valence-electron chi connectivity index (χ1n) is 7.57. The number of nitrogens with zero attached hydrogens (tertiary/aromatic N) is 4. The highest BCUT2D eigenvalue weighted by atomic mass is 32.2. The van der Waals surface area contributed by atoms with Gasteiger partial charge in [-0.05, 0) is 19.9 Å². The number of morpholine rings is 1. The molecule has 1 unspecified atom stereocenters. The van der Waals surface area contributed by atoms with Gasteiger partial charge in [0.05, 0.1) is 12.3 Å². The molecule has 0 N–H and O–H groups in total. The van der Waals surface area contributed by atoms with E-state index in [1.54, 1.807) is 0 Å². The molecule has 1 atom stereocenters. The maximum atomic E-state index is 12.6. The lowest BCUT2D eigenvalue weighted by molar-refractivity contribution is -0.00677. The molecule has 1 fully saturated rings. The largest absolute Gasteiger partial charge is 0.369 e. The average Bonchev–Trinajstić information content (AvgIpc) is 2.47. The molecule has 22 heavy (non-hydrogen) atoms. The highest BCUT2D eigenvalue weighted by Gasteiger charge is 2.34. The molecule has 1 aliphatic heterocycles. The van der Waals surface area contributed by atoms with Gasteiger partial charge in [-0.15, -0.1) is 0 Å². The number of hydrogen-bond donors (Lipinski definition) is 0. The fourth-order valence-electron chi connectivity index (χ4n) is 2.64. The molecule has 0 aliphatic carbocycles. The molecule has 0 spiro atoms. The van der Waals surface area contributed by atoms with Crippen molar-refractivity contribution in [2.45, 2.75) is 33.8 Å². The van der Waals surface area contributed by atoms with Crippen LogP contribution in [0.25, 0.3) is 0 Å². The molecule has 8 heteroatoms. The van der Waals surface area contributed by atoms with Crippen LogP contribution in [0.15, 0.2) is 6.07 Å². The fraction of sp³-hybridized carbons (Fsp3) is 0.714. The first kappa shape index (κ1) is 17.3. The summed E-state index contributed by atoms with van der Waals surface area (Å²) >= 11 is 0. The lowest BCUT2D eigenvalue weighted by Crippen LogP contribution is -2.49. The minimum Gasteiger partial charge on any atom is -0.369 e. The molecular formula is C14H24N4O3S. The smallest absolute Gasteiger partial charge is 0.282 e. The van der Waals surface area contributed by atoms with Crippen LogP contribution in [-0.4, -0.2) is 59.8 Å². The van der Waals surface area contributed by atoms with E-state index in [-0.39, 0.29) is 12.6 Å². The molecular weight excluding hydrogens is 304 g/mol. The lowest BCUT2D eigenvalue weighted by Gasteiger charge is -2.34. The molecule has 124 valence electrons. The summed E-state index contributed by atoms with van der Waals surface area (Å²) in [6, 6.07) is 1.85. The summed E-state index contributed by atoms with van der Waals surface area (Å²) in [5, 5.41) is 0. The summed E-state index contributed by atoms with van der Waals surface area (Å²) in [7, 11) is -3.44. The van der Waals surface area contributed by atoms with Gasteiger partial charge in [0, 0.05) is 31.9 Å². The monoisotopic (exact) mass is 328 g/mol. The highest BCUT2D eigenvalue weighted by molar-refractivity contribution is 7.86. The lowest BCUT2D eigenvalue weighted by atomic mass is 10.2. The van der Waals surface area contributed by atoms with Gasteiger partial charge in [-0.25, -0.2) is 9.97 Å². The SMILES string of the molecule is CCN(CC)S(=O)(=O)N1CCOC(c2cc(C)nc(C)n2)C1. The Hall–Kier alpha value is -1.09. The number of rotatable bonds is 5. The predicted octanol–water partition coefficient (Wildman–Crippen LogP) is 1.05. The third kappa shape index (κ3) is 3.62. The Morgan fingerprint density at radius 2 is 2.00 bits per heavy atom. The molecule has 0 bridgehead atoms. The van der Waals surface area contributed by atoms with Crippen molar-refractivity contribution in [3.63, 3.8) is 0 Å². The summed E-state index contributed by atoms with van der Waals surface area (Å²) in [5.74, 6) is 0.669. The zero-order valence-electron chi connectivity index (χ0n) is 13.6. The van der Waals surface area contributed by atoms with Crippen LogP contribution in [0.5, 0.6) is 0 Å². The molecule has 1 aromatic heterocycles. The average molecular weight is 328 g/mol. The third-order valence-corrected chi connectivity index (χ3v) is 5.86. The van der Waals surface area contributed by atoms with Gasteiger partial charge in [-0.2, -0.15) is 17.0 Å². The Morgan fingerprint density at radius 3 is 2.59 bits per heavy atom. The second kappa shape index (κ2) is 6.99. The maximum Gasteiger partial charge on any atom is 0.282 e. The van der Waals surface area contributed by atoms with Crippen LogP contribution in [0, 0.1) is 13.8 Å². The molecule has 2 rings (SSSR count). The van der Waals surface area contributed by atoms with E-state index in [0.29, 0.717) is 32.1 Å². The van der Waals surface area contributed by atoms with E-state index < -0.39 is 10.2 Å². The van der Waals surface area contributed by atoms with E-state index in [2.05, 4.69) is 9.97 Å². The number of ether oxygens (including phenoxy) is 1. The van der Waals surface area contributed by atoms with Crippen molar-refractivity contribution in [1.82, 2.24) is 18.6 Å². The van der Waals surface area contributed by atoms with Crippen LogP contribution < -0.4 is 0 Å². The molecule has 2 heterocycles. The summed E-state index contributed by atoms with van der Waals surface area (Å²) in [6.45, 7) is 9.36. The van der Waals surface area contributed by atoms with Gasteiger partial charge in [0.1, 0.15) is 11.9 Å². The number of aryl methyl sites for hydroxylation is 2. The van der Waals surface area contributed by atoms with E-state index in [4.69, 9.17) is 4.74 Å². The van der Waals surface area contributed by atoms with Gasteiger partial charge in [0.15, 0.2) is 0 Å². The zero-order valence-corrected chi connectivity index (χ0v) is 14.4. The highest BCUT2D eigenvalue weighted by Crippen LogP contribution is 2.24. The summed E-state index contributed by atoms with van der Waals surface area (Å²) < 4.78 is 33.9. The van der Waals surface area contributed by atoms with Gasteiger partial charge in [0.25, 0.3) is 10.2 Å². The Morgan fingerprint density at radius 1 is 1.32 bits per heavy atom. The second-order valence-electron chi connectivity index (χ2n) is 5.29. The maximum absolute atomic E-state index is 12.6. The van der Waals surface area contributed by atoms with Gasteiger partial charge >= 0.3 is 0 Å². The second-order valence-corrected chi connectivity index (χ2v) is 7.22. The number of aromatic nitrogens is 2. The van der Waals surface area contributed by atoms with Crippen molar-refractivity contribution in [1.29, 1.82) is 0 Å². The van der Waals surface area contributed by atoms with Crippen LogP contribution in [0.3, 0.4) is 0 Å². The normalized spacial score (nSPS) is 20.5. The first-order valence-corrected chi connectivity index (χ1v) is 8.97. The van der Waals surface area contributed by atoms with E-state index in [1.807, 2.05) is 33.8 Å². The number of hydrogen-bond acceptors (Lipinski definition) is 5. The summed E-state index contributed by atoms with van der Waals surface area (Å²) in [6.07, 6.45) is -0.348. The van der Waals surface area contributed by atoms with Crippen molar-refractivity contribution in [2.24, 2.45) is 0 Å². The Bertz CT molecular complexity index is 596.